The molecule has 1 rings (SSSR count). The molecule has 0 radical (unpaired) electrons. The number of rotatable bonds is 5. The molecule has 0 unspecified atom stereocenters. The van der Waals surface area contributed by atoms with Crippen LogP contribution in [0.5, 0.6) is 0 Å². The largest absolute Gasteiger partial charge is 0.281 e. The molecule has 1 nitrogen and oxygen atoms in total. The monoisotopic (exact) mass is 268 g/mol. The van der Waals surface area contributed by atoms with Gasteiger partial charge in [0.15, 0.2) is 0 Å². The van der Waals surface area contributed by atoms with Crippen LogP contribution in [0.25, 0.3) is 0 Å². The van der Waals surface area contributed by atoms with Crippen LogP contribution in [0.15, 0.2) is 18.2 Å². The average molecular weight is 269 g/mol. The molecule has 0 amide bonds. The summed E-state index contributed by atoms with van der Waals surface area (Å²) < 4.78 is 0.00657. The minimum atomic E-state index is 0.00657. The maximum Gasteiger partial charge on any atom is 0.228 e. The zero-order valence-corrected chi connectivity index (χ0v) is 10.9. The number of halogens is 1. The minimum absolute atomic E-state index is 0.00657. The van der Waals surface area contributed by atoms with Gasteiger partial charge in [-0.05, 0) is 46.8 Å². The van der Waals surface area contributed by atoms with Crippen molar-refractivity contribution in [3.8, 4) is 0 Å². The lowest BCUT2D eigenvalue weighted by Crippen LogP contribution is -2.00. The van der Waals surface area contributed by atoms with Crippen molar-refractivity contribution < 1.29 is 4.79 Å². The number of hydrogen-bond acceptors (Lipinski definition) is 1. The Morgan fingerprint density at radius 2 is 2.07 bits per heavy atom. The highest BCUT2D eigenvalue weighted by Crippen LogP contribution is 2.19. The molecule has 2 heteroatoms. The third kappa shape index (κ3) is 3.45. The van der Waals surface area contributed by atoms with Gasteiger partial charge in [-0.25, -0.2) is 0 Å². The lowest BCUT2D eigenvalue weighted by atomic mass is 9.98. The third-order valence-corrected chi connectivity index (χ3v) is 3.00. The second kappa shape index (κ2) is 6.06. The van der Waals surface area contributed by atoms with Gasteiger partial charge in [0.05, 0.1) is 0 Å². The highest BCUT2D eigenvalue weighted by Gasteiger charge is 2.10. The number of unbranched alkanes of at least 4 members (excludes halogenated alkanes) is 2. The van der Waals surface area contributed by atoms with E-state index < -0.39 is 0 Å². The summed E-state index contributed by atoms with van der Waals surface area (Å²) in [7, 11) is 0. The summed E-state index contributed by atoms with van der Waals surface area (Å²) in [5.74, 6) is 0. The summed E-state index contributed by atoms with van der Waals surface area (Å²) in [5, 5.41) is 0. The molecule has 82 valence electrons. The predicted molar refractivity (Wildman–Crippen MR) is 67.7 cm³/mol. The van der Waals surface area contributed by atoms with E-state index in [1.807, 2.05) is 19.1 Å². The summed E-state index contributed by atoms with van der Waals surface area (Å²) in [6, 6.07) is 6.06. The first kappa shape index (κ1) is 12.4. The number of hydrogen-bond donors (Lipinski definition) is 0. The molecule has 0 saturated heterocycles. The van der Waals surface area contributed by atoms with Crippen molar-refractivity contribution in [2.24, 2.45) is 0 Å². The summed E-state index contributed by atoms with van der Waals surface area (Å²) in [6.07, 6.45) is 4.60. The molecule has 0 aliphatic heterocycles. The van der Waals surface area contributed by atoms with Crippen LogP contribution in [0.2, 0.25) is 0 Å². The third-order valence-electron chi connectivity index (χ3n) is 2.61. The molecular weight excluding hydrogens is 252 g/mol. The Kier molecular flexibility index (Phi) is 5.03. The summed E-state index contributed by atoms with van der Waals surface area (Å²) in [5.41, 5.74) is 3.09. The SMILES string of the molecule is CCCCCc1cccc(C)c1C(=O)Br. The van der Waals surface area contributed by atoms with Gasteiger partial charge in [0.1, 0.15) is 0 Å². The van der Waals surface area contributed by atoms with E-state index in [2.05, 4.69) is 28.9 Å². The Labute approximate surface area is 100 Å². The van der Waals surface area contributed by atoms with Gasteiger partial charge in [-0.3, -0.25) is 4.79 Å². The molecule has 0 heterocycles. The van der Waals surface area contributed by atoms with Crippen LogP contribution >= 0.6 is 15.9 Å². The Hall–Kier alpha value is -0.630. The molecule has 0 aliphatic carbocycles. The fraction of sp³-hybridized carbons (Fsp3) is 0.462. The van der Waals surface area contributed by atoms with Crippen LogP contribution in [0.3, 0.4) is 0 Å². The summed E-state index contributed by atoms with van der Waals surface area (Å²) in [6.45, 7) is 4.17. The maximum atomic E-state index is 11.4. The maximum absolute atomic E-state index is 11.4. The standard InChI is InChI=1S/C13H17BrO/c1-3-4-5-8-11-9-6-7-10(2)12(11)13(14)15/h6-7,9H,3-5,8H2,1-2H3. The van der Waals surface area contributed by atoms with Crippen LogP contribution in [0.4, 0.5) is 0 Å². The van der Waals surface area contributed by atoms with Crippen molar-refractivity contribution in [3.63, 3.8) is 0 Å². The van der Waals surface area contributed by atoms with E-state index in [1.54, 1.807) is 0 Å². The number of benzene rings is 1. The van der Waals surface area contributed by atoms with E-state index in [-0.39, 0.29) is 4.69 Å². The number of aryl methyl sites for hydroxylation is 2. The van der Waals surface area contributed by atoms with E-state index >= 15 is 0 Å². The summed E-state index contributed by atoms with van der Waals surface area (Å²) in [4.78, 5) is 11.4. The molecule has 0 N–H and O–H groups in total. The van der Waals surface area contributed by atoms with E-state index in [1.165, 1.54) is 18.4 Å². The second-order valence-electron chi connectivity index (χ2n) is 3.84. The van der Waals surface area contributed by atoms with Crippen LogP contribution in [-0.2, 0) is 6.42 Å². The molecule has 0 saturated carbocycles. The van der Waals surface area contributed by atoms with Gasteiger partial charge in [-0.1, -0.05) is 38.0 Å². The van der Waals surface area contributed by atoms with Crippen molar-refractivity contribution in [1.82, 2.24) is 0 Å². The first-order valence-electron chi connectivity index (χ1n) is 5.45. The molecule has 0 bridgehead atoms. The van der Waals surface area contributed by atoms with Gasteiger partial charge in [0.25, 0.3) is 0 Å². The lowest BCUT2D eigenvalue weighted by molar-refractivity contribution is 0.109. The second-order valence-corrected chi connectivity index (χ2v) is 4.56. The molecule has 0 aromatic heterocycles. The molecule has 0 spiro atoms. The first-order valence-corrected chi connectivity index (χ1v) is 6.24. The molecule has 0 aliphatic rings. The van der Waals surface area contributed by atoms with Crippen molar-refractivity contribution >= 4 is 20.6 Å². The van der Waals surface area contributed by atoms with Gasteiger partial charge in [0.2, 0.25) is 4.69 Å². The number of carbonyl (C=O) groups is 1. The van der Waals surface area contributed by atoms with Crippen LogP contribution in [0.1, 0.15) is 47.7 Å². The van der Waals surface area contributed by atoms with Crippen molar-refractivity contribution in [3.05, 3.63) is 34.9 Å². The van der Waals surface area contributed by atoms with Gasteiger partial charge >= 0.3 is 0 Å². The van der Waals surface area contributed by atoms with Gasteiger partial charge < -0.3 is 0 Å². The minimum Gasteiger partial charge on any atom is -0.281 e. The van der Waals surface area contributed by atoms with Crippen molar-refractivity contribution in [2.75, 3.05) is 0 Å². The van der Waals surface area contributed by atoms with Crippen LogP contribution in [0, 0.1) is 6.92 Å². The van der Waals surface area contributed by atoms with E-state index in [0.29, 0.717) is 0 Å². The summed E-state index contributed by atoms with van der Waals surface area (Å²) >= 11 is 3.05. The van der Waals surface area contributed by atoms with Gasteiger partial charge in [-0.15, -0.1) is 0 Å². The smallest absolute Gasteiger partial charge is 0.228 e. The quantitative estimate of drug-likeness (QED) is 0.576. The fourth-order valence-corrected chi connectivity index (χ4v) is 2.35. The Morgan fingerprint density at radius 1 is 1.33 bits per heavy atom. The van der Waals surface area contributed by atoms with E-state index in [9.17, 15) is 4.79 Å². The Morgan fingerprint density at radius 3 is 2.67 bits per heavy atom. The lowest BCUT2D eigenvalue weighted by Gasteiger charge is -2.08. The molecule has 0 atom stereocenters. The first-order chi connectivity index (χ1) is 7.16. The Bertz CT molecular complexity index is 344. The molecular formula is C13H17BrO. The molecule has 0 fully saturated rings. The van der Waals surface area contributed by atoms with Crippen molar-refractivity contribution in [2.45, 2.75) is 39.5 Å². The Balaban J connectivity index is 2.86. The normalized spacial score (nSPS) is 10.3. The number of carbonyl (C=O) groups excluding carboxylic acids is 1. The molecule has 15 heavy (non-hydrogen) atoms. The fourth-order valence-electron chi connectivity index (χ4n) is 1.78. The predicted octanol–water partition coefficient (Wildman–Crippen LogP) is 4.26. The zero-order valence-electron chi connectivity index (χ0n) is 9.35. The average Bonchev–Trinajstić information content (AvgIpc) is 2.17. The highest BCUT2D eigenvalue weighted by atomic mass is 79.9. The van der Waals surface area contributed by atoms with Gasteiger partial charge in [0, 0.05) is 5.56 Å². The van der Waals surface area contributed by atoms with Crippen molar-refractivity contribution in [1.29, 1.82) is 0 Å². The zero-order chi connectivity index (χ0) is 11.3. The van der Waals surface area contributed by atoms with Crippen LogP contribution < -0.4 is 0 Å². The topological polar surface area (TPSA) is 17.1 Å². The van der Waals surface area contributed by atoms with E-state index in [0.717, 1.165) is 24.0 Å². The highest BCUT2D eigenvalue weighted by molar-refractivity contribution is 9.18. The molecule has 1 aromatic carbocycles. The van der Waals surface area contributed by atoms with E-state index in [4.69, 9.17) is 0 Å². The van der Waals surface area contributed by atoms with Gasteiger partial charge in [-0.2, -0.15) is 0 Å². The molecule has 1 aromatic rings. The van der Waals surface area contributed by atoms with Crippen LogP contribution in [-0.4, -0.2) is 4.69 Å².